The Hall–Kier alpha value is -0.740. The van der Waals surface area contributed by atoms with Gasteiger partial charge in [0.2, 0.25) is 0 Å². The molecule has 0 aromatic carbocycles. The third-order valence-electron chi connectivity index (χ3n) is 3.53. The van der Waals surface area contributed by atoms with Gasteiger partial charge < -0.3 is 10.2 Å². The van der Waals surface area contributed by atoms with Gasteiger partial charge in [0.05, 0.1) is 0 Å². The van der Waals surface area contributed by atoms with E-state index in [1.165, 1.54) is 23.5 Å². The lowest BCUT2D eigenvalue weighted by Gasteiger charge is -2.25. The van der Waals surface area contributed by atoms with E-state index < -0.39 is 0 Å². The van der Waals surface area contributed by atoms with E-state index >= 15 is 0 Å². The van der Waals surface area contributed by atoms with Crippen LogP contribution < -0.4 is 10.2 Å². The summed E-state index contributed by atoms with van der Waals surface area (Å²) in [5.41, 5.74) is 2.43. The first-order valence-corrected chi connectivity index (χ1v) is 8.23. The zero-order chi connectivity index (χ0) is 13.8. The van der Waals surface area contributed by atoms with Gasteiger partial charge >= 0.3 is 0 Å². The van der Waals surface area contributed by atoms with Crippen LogP contribution in [0.3, 0.4) is 0 Å². The van der Waals surface area contributed by atoms with Gasteiger partial charge in [0.15, 0.2) is 0 Å². The van der Waals surface area contributed by atoms with Crippen molar-refractivity contribution in [1.29, 1.82) is 0 Å². The van der Waals surface area contributed by atoms with Crippen molar-refractivity contribution < 1.29 is 0 Å². The van der Waals surface area contributed by atoms with Gasteiger partial charge in [0, 0.05) is 37.1 Å². The summed E-state index contributed by atoms with van der Waals surface area (Å²) in [6, 6.07) is 5.56. The molecule has 0 radical (unpaired) electrons. The van der Waals surface area contributed by atoms with E-state index in [0.717, 1.165) is 18.1 Å². The molecule has 1 atom stereocenters. The average molecular weight is 279 g/mol. The predicted molar refractivity (Wildman–Crippen MR) is 85.1 cm³/mol. The number of nitrogens with one attached hydrogen (secondary N) is 1. The zero-order valence-electron chi connectivity index (χ0n) is 12.4. The molecular formula is C15H25N3S. The molecule has 1 N–H and O–H groups in total. The van der Waals surface area contributed by atoms with Gasteiger partial charge in [-0.05, 0) is 36.8 Å². The largest absolute Gasteiger partial charge is 0.356 e. The minimum absolute atomic E-state index is 0.515. The normalized spacial score (nSPS) is 19.1. The molecule has 1 aromatic heterocycles. The molecule has 1 unspecified atom stereocenters. The minimum atomic E-state index is 0.515. The molecule has 1 aliphatic heterocycles. The van der Waals surface area contributed by atoms with Crippen molar-refractivity contribution in [1.82, 2.24) is 10.3 Å². The smallest absolute Gasteiger partial charge is 0.129 e. The number of nitrogens with zero attached hydrogens (tertiary/aromatic N) is 2. The third kappa shape index (κ3) is 4.11. The molecule has 1 fully saturated rings. The Bertz CT molecular complexity index is 414. The van der Waals surface area contributed by atoms with Crippen molar-refractivity contribution in [2.45, 2.75) is 45.8 Å². The van der Waals surface area contributed by atoms with E-state index in [0.29, 0.717) is 12.1 Å². The van der Waals surface area contributed by atoms with Crippen LogP contribution in [0.25, 0.3) is 0 Å². The van der Waals surface area contributed by atoms with Crippen LogP contribution in [0.1, 0.15) is 31.5 Å². The topological polar surface area (TPSA) is 28.2 Å². The van der Waals surface area contributed by atoms with E-state index in [4.69, 9.17) is 4.98 Å². The lowest BCUT2D eigenvalue weighted by atomic mass is 10.2. The molecule has 1 aromatic rings. The van der Waals surface area contributed by atoms with Crippen LogP contribution in [0.2, 0.25) is 0 Å². The molecule has 0 bridgehead atoms. The molecule has 2 rings (SSSR count). The maximum absolute atomic E-state index is 4.69. The van der Waals surface area contributed by atoms with Crippen molar-refractivity contribution in [3.05, 3.63) is 23.4 Å². The van der Waals surface area contributed by atoms with E-state index in [-0.39, 0.29) is 0 Å². The Kier molecular flexibility index (Phi) is 5.11. The molecule has 0 amide bonds. The van der Waals surface area contributed by atoms with Crippen molar-refractivity contribution in [3.8, 4) is 0 Å². The fourth-order valence-electron chi connectivity index (χ4n) is 2.34. The standard InChI is InChI=1S/C15H25N3S/c1-11(2)16-9-13-7-12(3)17-15(8-13)18(4)14-5-6-19-10-14/h7-8,11,14,16H,5-6,9-10H2,1-4H3. The molecule has 19 heavy (non-hydrogen) atoms. The summed E-state index contributed by atoms with van der Waals surface area (Å²) in [5.74, 6) is 3.63. The van der Waals surface area contributed by atoms with Crippen LogP contribution in [0.4, 0.5) is 5.82 Å². The molecule has 3 nitrogen and oxygen atoms in total. The van der Waals surface area contributed by atoms with Crippen LogP contribution in [-0.4, -0.2) is 35.6 Å². The summed E-state index contributed by atoms with van der Waals surface area (Å²) in [7, 11) is 2.18. The van der Waals surface area contributed by atoms with E-state index in [9.17, 15) is 0 Å². The molecule has 2 heterocycles. The number of pyridine rings is 1. The molecule has 1 aliphatic rings. The van der Waals surface area contributed by atoms with Crippen LogP contribution in [0, 0.1) is 6.92 Å². The number of aryl methyl sites for hydroxylation is 1. The lowest BCUT2D eigenvalue weighted by molar-refractivity contribution is 0.588. The maximum atomic E-state index is 4.69. The molecule has 4 heteroatoms. The van der Waals surface area contributed by atoms with Crippen molar-refractivity contribution in [3.63, 3.8) is 0 Å². The summed E-state index contributed by atoms with van der Waals surface area (Å²) in [4.78, 5) is 7.05. The average Bonchev–Trinajstić information content (AvgIpc) is 2.88. The Morgan fingerprint density at radius 2 is 2.26 bits per heavy atom. The predicted octanol–water partition coefficient (Wildman–Crippen LogP) is 2.83. The SMILES string of the molecule is Cc1cc(CNC(C)C)cc(N(C)C2CCSC2)n1. The third-order valence-corrected chi connectivity index (χ3v) is 4.67. The number of hydrogen-bond donors (Lipinski definition) is 1. The summed E-state index contributed by atoms with van der Waals surface area (Å²) in [6.07, 6.45) is 1.27. The number of hydrogen-bond acceptors (Lipinski definition) is 4. The second-order valence-corrected chi connectivity index (χ2v) is 6.79. The number of anilines is 1. The van der Waals surface area contributed by atoms with Gasteiger partial charge in [0.25, 0.3) is 0 Å². The minimum Gasteiger partial charge on any atom is -0.356 e. The Labute approximate surface area is 121 Å². The Morgan fingerprint density at radius 3 is 2.89 bits per heavy atom. The molecular weight excluding hydrogens is 254 g/mol. The van der Waals surface area contributed by atoms with Crippen LogP contribution in [0.5, 0.6) is 0 Å². The van der Waals surface area contributed by atoms with Crippen LogP contribution in [0.15, 0.2) is 12.1 Å². The summed E-state index contributed by atoms with van der Waals surface area (Å²) in [6.45, 7) is 7.36. The summed E-state index contributed by atoms with van der Waals surface area (Å²) < 4.78 is 0. The second-order valence-electron chi connectivity index (χ2n) is 5.64. The fraction of sp³-hybridized carbons (Fsp3) is 0.667. The first-order chi connectivity index (χ1) is 9.06. The molecule has 0 spiro atoms. The van der Waals surface area contributed by atoms with E-state index in [1.807, 2.05) is 11.8 Å². The highest BCUT2D eigenvalue weighted by atomic mass is 32.2. The van der Waals surface area contributed by atoms with Gasteiger partial charge in [-0.1, -0.05) is 13.8 Å². The second kappa shape index (κ2) is 6.62. The number of rotatable bonds is 5. The van der Waals surface area contributed by atoms with Crippen LogP contribution >= 0.6 is 11.8 Å². The van der Waals surface area contributed by atoms with Crippen LogP contribution in [-0.2, 0) is 6.54 Å². The van der Waals surface area contributed by atoms with Gasteiger partial charge in [0.1, 0.15) is 5.82 Å². The molecule has 0 aliphatic carbocycles. The highest BCUT2D eigenvalue weighted by Crippen LogP contribution is 2.25. The fourth-order valence-corrected chi connectivity index (χ4v) is 3.61. The quantitative estimate of drug-likeness (QED) is 0.897. The van der Waals surface area contributed by atoms with Gasteiger partial charge in [-0.2, -0.15) is 11.8 Å². The first-order valence-electron chi connectivity index (χ1n) is 7.08. The number of thioether (sulfide) groups is 1. The van der Waals surface area contributed by atoms with E-state index in [1.54, 1.807) is 0 Å². The van der Waals surface area contributed by atoms with Gasteiger partial charge in [-0.3, -0.25) is 0 Å². The van der Waals surface area contributed by atoms with Crippen molar-refractivity contribution in [2.24, 2.45) is 0 Å². The zero-order valence-corrected chi connectivity index (χ0v) is 13.3. The Balaban J connectivity index is 2.11. The van der Waals surface area contributed by atoms with Crippen molar-refractivity contribution in [2.75, 3.05) is 23.5 Å². The van der Waals surface area contributed by atoms with E-state index in [2.05, 4.69) is 50.2 Å². The first kappa shape index (κ1) is 14.7. The van der Waals surface area contributed by atoms with Gasteiger partial charge in [-0.15, -0.1) is 0 Å². The monoisotopic (exact) mass is 279 g/mol. The van der Waals surface area contributed by atoms with Gasteiger partial charge in [-0.25, -0.2) is 4.98 Å². The Morgan fingerprint density at radius 1 is 1.47 bits per heavy atom. The maximum Gasteiger partial charge on any atom is 0.129 e. The summed E-state index contributed by atoms with van der Waals surface area (Å²) in [5, 5.41) is 3.47. The molecule has 106 valence electrons. The number of aromatic nitrogens is 1. The molecule has 0 saturated carbocycles. The lowest BCUT2D eigenvalue weighted by Crippen LogP contribution is -2.32. The summed E-state index contributed by atoms with van der Waals surface area (Å²) >= 11 is 2.05. The molecule has 1 saturated heterocycles. The highest BCUT2D eigenvalue weighted by Gasteiger charge is 2.21. The van der Waals surface area contributed by atoms with Crippen molar-refractivity contribution >= 4 is 17.6 Å². The highest BCUT2D eigenvalue weighted by molar-refractivity contribution is 7.99.